The first-order valence-electron chi connectivity index (χ1n) is 7.11. The Labute approximate surface area is 132 Å². The molecule has 3 aromatic heterocycles. The predicted octanol–water partition coefficient (Wildman–Crippen LogP) is 2.46. The molecule has 3 rings (SSSR count). The fourth-order valence-electron chi connectivity index (χ4n) is 2.16. The molecule has 3 aromatic rings. The summed E-state index contributed by atoms with van der Waals surface area (Å²) >= 11 is 1.72. The monoisotopic (exact) mass is 318 g/mol. The number of fused-ring (bicyclic) bond motifs is 1. The fourth-order valence-corrected chi connectivity index (χ4v) is 3.02. The van der Waals surface area contributed by atoms with Gasteiger partial charge >= 0.3 is 0 Å². The summed E-state index contributed by atoms with van der Waals surface area (Å²) in [6.07, 6.45) is 4.43. The highest BCUT2D eigenvalue weighted by atomic mass is 32.1. The van der Waals surface area contributed by atoms with Crippen molar-refractivity contribution in [1.82, 2.24) is 24.6 Å². The topological polar surface area (TPSA) is 77.2 Å². The summed E-state index contributed by atoms with van der Waals surface area (Å²) in [5, 5.41) is 8.70. The van der Waals surface area contributed by atoms with E-state index in [1.807, 2.05) is 12.3 Å². The molecule has 0 bridgehead atoms. The molecule has 116 valence electrons. The van der Waals surface area contributed by atoms with Crippen molar-refractivity contribution in [2.75, 3.05) is 12.4 Å². The van der Waals surface area contributed by atoms with E-state index in [9.17, 15) is 0 Å². The Balaban J connectivity index is 1.89. The number of rotatable bonds is 6. The van der Waals surface area contributed by atoms with E-state index in [0.717, 1.165) is 22.9 Å². The lowest BCUT2D eigenvalue weighted by Crippen LogP contribution is -2.12. The Morgan fingerprint density at radius 3 is 3.00 bits per heavy atom. The Bertz CT molecular complexity index is 768. The van der Waals surface area contributed by atoms with Crippen molar-refractivity contribution in [2.24, 2.45) is 0 Å². The van der Waals surface area contributed by atoms with Gasteiger partial charge in [0.15, 0.2) is 0 Å². The normalized spacial score (nSPS) is 12.7. The summed E-state index contributed by atoms with van der Waals surface area (Å²) in [5.41, 5.74) is 0.811. The summed E-state index contributed by atoms with van der Waals surface area (Å²) in [6, 6.07) is 2.01. The lowest BCUT2D eigenvalue weighted by molar-refractivity contribution is 0.181. The van der Waals surface area contributed by atoms with E-state index in [1.54, 1.807) is 23.0 Å². The highest BCUT2D eigenvalue weighted by molar-refractivity contribution is 7.11. The highest BCUT2D eigenvalue weighted by Gasteiger charge is 2.14. The standard InChI is InChI=1S/C14H18N6OS/c1-4-11-6-15-13(22-11)9(2)18-12-5-10(7-21-3)19-14-16-8-17-20(12)14/h5-6,8-9,18H,4,7H2,1-3H3. The lowest BCUT2D eigenvalue weighted by atomic mass is 10.3. The summed E-state index contributed by atoms with van der Waals surface area (Å²) < 4.78 is 6.84. The van der Waals surface area contributed by atoms with Crippen LogP contribution in [0.15, 0.2) is 18.6 Å². The van der Waals surface area contributed by atoms with Crippen molar-refractivity contribution in [1.29, 1.82) is 0 Å². The number of ether oxygens (including phenoxy) is 1. The second kappa shape index (κ2) is 6.37. The average Bonchev–Trinajstić information content (AvgIpc) is 3.16. The molecular formula is C14H18N6OS. The van der Waals surface area contributed by atoms with Crippen LogP contribution in [-0.2, 0) is 17.8 Å². The number of nitrogens with one attached hydrogen (secondary N) is 1. The van der Waals surface area contributed by atoms with Gasteiger partial charge in [-0.1, -0.05) is 6.92 Å². The van der Waals surface area contributed by atoms with Crippen LogP contribution in [0.3, 0.4) is 0 Å². The Morgan fingerprint density at radius 1 is 1.41 bits per heavy atom. The molecule has 0 aliphatic carbocycles. The molecule has 0 aliphatic rings. The predicted molar refractivity (Wildman–Crippen MR) is 85.0 cm³/mol. The van der Waals surface area contributed by atoms with Gasteiger partial charge < -0.3 is 10.1 Å². The molecule has 1 unspecified atom stereocenters. The zero-order valence-corrected chi connectivity index (χ0v) is 13.6. The quantitative estimate of drug-likeness (QED) is 0.752. The number of anilines is 1. The van der Waals surface area contributed by atoms with Crippen molar-refractivity contribution in [3.63, 3.8) is 0 Å². The van der Waals surface area contributed by atoms with Crippen molar-refractivity contribution in [3.8, 4) is 0 Å². The number of aromatic nitrogens is 5. The smallest absolute Gasteiger partial charge is 0.254 e. The Kier molecular flexibility index (Phi) is 4.30. The summed E-state index contributed by atoms with van der Waals surface area (Å²) in [7, 11) is 1.65. The van der Waals surface area contributed by atoms with Gasteiger partial charge in [0.2, 0.25) is 0 Å². The largest absolute Gasteiger partial charge is 0.378 e. The molecule has 0 aromatic carbocycles. The summed E-state index contributed by atoms with van der Waals surface area (Å²) in [6.45, 7) is 4.65. The SMILES string of the molecule is CCc1cnc(C(C)Nc2cc(COC)nc3ncnn23)s1. The van der Waals surface area contributed by atoms with E-state index in [1.165, 1.54) is 11.2 Å². The van der Waals surface area contributed by atoms with E-state index >= 15 is 0 Å². The van der Waals surface area contributed by atoms with E-state index in [0.29, 0.717) is 12.4 Å². The molecule has 0 amide bonds. The van der Waals surface area contributed by atoms with Crippen LogP contribution in [0.5, 0.6) is 0 Å². The molecule has 22 heavy (non-hydrogen) atoms. The van der Waals surface area contributed by atoms with Crippen LogP contribution in [0, 0.1) is 0 Å². The first-order valence-corrected chi connectivity index (χ1v) is 7.92. The lowest BCUT2D eigenvalue weighted by Gasteiger charge is -2.14. The summed E-state index contributed by atoms with van der Waals surface area (Å²) in [4.78, 5) is 14.3. The van der Waals surface area contributed by atoms with Crippen molar-refractivity contribution in [2.45, 2.75) is 32.9 Å². The molecule has 3 heterocycles. The van der Waals surface area contributed by atoms with Crippen molar-refractivity contribution >= 4 is 22.9 Å². The van der Waals surface area contributed by atoms with Gasteiger partial charge in [0.1, 0.15) is 17.2 Å². The number of methoxy groups -OCH3 is 1. The number of thiazole rings is 1. The minimum Gasteiger partial charge on any atom is -0.378 e. The molecule has 7 nitrogen and oxygen atoms in total. The number of aryl methyl sites for hydroxylation is 1. The van der Waals surface area contributed by atoms with Crippen LogP contribution in [-0.4, -0.2) is 31.7 Å². The molecule has 8 heteroatoms. The van der Waals surface area contributed by atoms with Crippen LogP contribution < -0.4 is 5.32 Å². The van der Waals surface area contributed by atoms with Crippen LogP contribution in [0.4, 0.5) is 5.82 Å². The highest BCUT2D eigenvalue weighted by Crippen LogP contribution is 2.24. The first kappa shape index (κ1) is 14.9. The van der Waals surface area contributed by atoms with Gasteiger partial charge in [-0.3, -0.25) is 0 Å². The number of hydrogen-bond acceptors (Lipinski definition) is 7. The van der Waals surface area contributed by atoms with E-state index < -0.39 is 0 Å². The molecule has 0 aliphatic heterocycles. The second-order valence-electron chi connectivity index (χ2n) is 4.92. The van der Waals surface area contributed by atoms with Crippen LogP contribution >= 0.6 is 11.3 Å². The van der Waals surface area contributed by atoms with Gasteiger partial charge in [-0.05, 0) is 13.3 Å². The molecule has 0 radical (unpaired) electrons. The zero-order valence-electron chi connectivity index (χ0n) is 12.8. The fraction of sp³-hybridized carbons (Fsp3) is 0.429. The first-order chi connectivity index (χ1) is 10.7. The van der Waals surface area contributed by atoms with Crippen LogP contribution in [0.1, 0.15) is 35.5 Å². The van der Waals surface area contributed by atoms with E-state index in [4.69, 9.17) is 4.74 Å². The van der Waals surface area contributed by atoms with Crippen LogP contribution in [0.2, 0.25) is 0 Å². The third kappa shape index (κ3) is 2.93. The molecule has 0 spiro atoms. The van der Waals surface area contributed by atoms with Crippen molar-refractivity contribution < 1.29 is 4.74 Å². The Hall–Kier alpha value is -2.06. The van der Waals surface area contributed by atoms with Gasteiger partial charge in [-0.15, -0.1) is 11.3 Å². The van der Waals surface area contributed by atoms with E-state index in [2.05, 4.69) is 39.2 Å². The number of hydrogen-bond donors (Lipinski definition) is 1. The van der Waals surface area contributed by atoms with Crippen molar-refractivity contribution in [3.05, 3.63) is 34.2 Å². The van der Waals surface area contributed by atoms with Gasteiger partial charge in [0.05, 0.1) is 18.3 Å². The van der Waals surface area contributed by atoms with Gasteiger partial charge in [-0.25, -0.2) is 9.97 Å². The third-order valence-electron chi connectivity index (χ3n) is 3.25. The maximum Gasteiger partial charge on any atom is 0.254 e. The third-order valence-corrected chi connectivity index (χ3v) is 4.58. The minimum absolute atomic E-state index is 0.0792. The number of nitrogens with zero attached hydrogens (tertiary/aromatic N) is 5. The molecule has 0 fully saturated rings. The van der Waals surface area contributed by atoms with Gasteiger partial charge in [-0.2, -0.15) is 14.6 Å². The molecule has 1 atom stereocenters. The molecule has 0 saturated heterocycles. The molecule has 0 saturated carbocycles. The van der Waals surface area contributed by atoms with E-state index in [-0.39, 0.29) is 6.04 Å². The summed E-state index contributed by atoms with van der Waals surface area (Å²) in [5.74, 6) is 1.38. The molecular weight excluding hydrogens is 300 g/mol. The minimum atomic E-state index is 0.0792. The Morgan fingerprint density at radius 2 is 2.27 bits per heavy atom. The average molecular weight is 318 g/mol. The van der Waals surface area contributed by atoms with Gasteiger partial charge in [0.25, 0.3) is 5.78 Å². The maximum atomic E-state index is 5.16. The van der Waals surface area contributed by atoms with Gasteiger partial charge in [0, 0.05) is 24.3 Å². The van der Waals surface area contributed by atoms with Crippen LogP contribution in [0.25, 0.3) is 5.78 Å². The zero-order chi connectivity index (χ0) is 15.5. The molecule has 1 N–H and O–H groups in total. The second-order valence-corrected chi connectivity index (χ2v) is 6.07. The maximum absolute atomic E-state index is 5.16.